The number of alkyl halides is 6. The Labute approximate surface area is 111 Å². The number of aliphatic hydroxyl groups is 1. The van der Waals surface area contributed by atoms with Crippen molar-refractivity contribution in [3.63, 3.8) is 0 Å². The maximum Gasteiger partial charge on any atom is 0.416 e. The van der Waals surface area contributed by atoms with Gasteiger partial charge in [-0.05, 0) is 24.1 Å². The highest BCUT2D eigenvalue weighted by Crippen LogP contribution is 2.39. The predicted molar refractivity (Wildman–Crippen MR) is 59.7 cm³/mol. The van der Waals surface area contributed by atoms with Crippen LogP contribution in [-0.4, -0.2) is 11.2 Å². The summed E-state index contributed by atoms with van der Waals surface area (Å²) < 4.78 is 75.9. The second-order valence-corrected chi connectivity index (χ2v) is 4.30. The van der Waals surface area contributed by atoms with Gasteiger partial charge in [0.25, 0.3) is 0 Å². The van der Waals surface area contributed by atoms with Gasteiger partial charge in [-0.3, -0.25) is 0 Å². The molecular formula is C12H13F6NO. The Hall–Kier alpha value is -1.28. The Morgan fingerprint density at radius 1 is 1.10 bits per heavy atom. The average molecular weight is 301 g/mol. The maximum absolute atomic E-state index is 12.8. The fraction of sp³-hybridized carbons (Fsp3) is 0.500. The van der Waals surface area contributed by atoms with E-state index in [1.54, 1.807) is 0 Å². The third-order valence-electron chi connectivity index (χ3n) is 2.88. The zero-order valence-corrected chi connectivity index (χ0v) is 10.4. The van der Waals surface area contributed by atoms with E-state index < -0.39 is 41.2 Å². The van der Waals surface area contributed by atoms with Crippen molar-refractivity contribution in [1.82, 2.24) is 0 Å². The average Bonchev–Trinajstić information content (AvgIpc) is 2.34. The first-order chi connectivity index (χ1) is 8.98. The molecule has 2 nitrogen and oxygen atoms in total. The van der Waals surface area contributed by atoms with Crippen molar-refractivity contribution in [2.45, 2.75) is 37.8 Å². The van der Waals surface area contributed by atoms with Gasteiger partial charge in [-0.15, -0.1) is 0 Å². The second-order valence-electron chi connectivity index (χ2n) is 4.30. The molecule has 2 atom stereocenters. The molecule has 1 aromatic carbocycles. The highest BCUT2D eigenvalue weighted by molar-refractivity contribution is 5.37. The summed E-state index contributed by atoms with van der Waals surface area (Å²) in [6.45, 7) is 1.50. The minimum absolute atomic E-state index is 0.0115. The molecule has 0 saturated heterocycles. The first-order valence-electron chi connectivity index (χ1n) is 5.70. The van der Waals surface area contributed by atoms with Crippen molar-refractivity contribution in [1.29, 1.82) is 0 Å². The van der Waals surface area contributed by atoms with Crippen LogP contribution >= 0.6 is 0 Å². The van der Waals surface area contributed by atoms with Gasteiger partial charge >= 0.3 is 12.4 Å². The lowest BCUT2D eigenvalue weighted by atomic mass is 9.93. The van der Waals surface area contributed by atoms with E-state index in [2.05, 4.69) is 0 Å². The van der Waals surface area contributed by atoms with Crippen LogP contribution in [0.15, 0.2) is 18.2 Å². The van der Waals surface area contributed by atoms with Crippen LogP contribution < -0.4 is 5.73 Å². The Kier molecular flexibility index (Phi) is 4.70. The molecule has 0 aromatic heterocycles. The Morgan fingerprint density at radius 3 is 2.05 bits per heavy atom. The van der Waals surface area contributed by atoms with Gasteiger partial charge in [-0.25, -0.2) is 0 Å². The van der Waals surface area contributed by atoms with Gasteiger partial charge in [-0.2, -0.15) is 26.3 Å². The molecule has 0 radical (unpaired) electrons. The highest BCUT2D eigenvalue weighted by atomic mass is 19.4. The molecule has 0 amide bonds. The van der Waals surface area contributed by atoms with Crippen LogP contribution in [0, 0.1) is 0 Å². The van der Waals surface area contributed by atoms with Crippen molar-refractivity contribution in [3.05, 3.63) is 34.9 Å². The Bertz CT molecular complexity index is 468. The van der Waals surface area contributed by atoms with E-state index in [1.165, 1.54) is 6.92 Å². The first kappa shape index (κ1) is 16.8. The SMILES string of the molecule is CC[C@H](O)[C@H](N)c1ccc(C(F)(F)F)cc1C(F)(F)F. The van der Waals surface area contributed by atoms with Crippen LogP contribution in [0.1, 0.15) is 36.1 Å². The molecule has 114 valence electrons. The molecule has 0 heterocycles. The normalized spacial score (nSPS) is 16.1. The largest absolute Gasteiger partial charge is 0.416 e. The lowest BCUT2D eigenvalue weighted by Gasteiger charge is -2.23. The van der Waals surface area contributed by atoms with Crippen LogP contribution in [0.4, 0.5) is 26.3 Å². The molecule has 1 rings (SSSR count). The highest BCUT2D eigenvalue weighted by Gasteiger charge is 2.39. The van der Waals surface area contributed by atoms with Crippen LogP contribution in [0.2, 0.25) is 0 Å². The van der Waals surface area contributed by atoms with E-state index in [4.69, 9.17) is 5.73 Å². The second kappa shape index (κ2) is 5.61. The predicted octanol–water partition coefficient (Wildman–Crippen LogP) is 3.49. The van der Waals surface area contributed by atoms with Crippen molar-refractivity contribution in [3.8, 4) is 0 Å². The number of hydrogen-bond acceptors (Lipinski definition) is 2. The van der Waals surface area contributed by atoms with E-state index in [9.17, 15) is 31.4 Å². The smallest absolute Gasteiger partial charge is 0.391 e. The molecule has 3 N–H and O–H groups in total. The van der Waals surface area contributed by atoms with Crippen molar-refractivity contribution >= 4 is 0 Å². The number of nitrogens with two attached hydrogens (primary N) is 1. The van der Waals surface area contributed by atoms with E-state index in [-0.39, 0.29) is 12.5 Å². The third-order valence-corrected chi connectivity index (χ3v) is 2.88. The standard InChI is InChI=1S/C12H13F6NO/c1-2-9(20)10(19)7-4-3-6(11(13,14)15)5-8(7)12(16,17)18/h3-5,9-10,20H,2,19H2,1H3/t9-,10+/m0/s1. The summed E-state index contributed by atoms with van der Waals surface area (Å²) in [5, 5.41) is 9.48. The number of aliphatic hydroxyl groups excluding tert-OH is 1. The third kappa shape index (κ3) is 3.63. The molecule has 0 fully saturated rings. The Morgan fingerprint density at radius 2 is 1.65 bits per heavy atom. The fourth-order valence-corrected chi connectivity index (χ4v) is 1.73. The topological polar surface area (TPSA) is 46.2 Å². The van der Waals surface area contributed by atoms with Gasteiger partial charge in [0.15, 0.2) is 0 Å². The zero-order chi connectivity index (χ0) is 15.7. The summed E-state index contributed by atoms with van der Waals surface area (Å²) in [6.07, 6.45) is -11.1. The molecular weight excluding hydrogens is 288 g/mol. The number of hydrogen-bond donors (Lipinski definition) is 2. The van der Waals surface area contributed by atoms with Gasteiger partial charge in [-0.1, -0.05) is 13.0 Å². The van der Waals surface area contributed by atoms with E-state index >= 15 is 0 Å². The number of halogens is 6. The Balaban J connectivity index is 3.39. The molecule has 0 saturated carbocycles. The van der Waals surface area contributed by atoms with E-state index in [1.807, 2.05) is 0 Å². The van der Waals surface area contributed by atoms with Gasteiger partial charge < -0.3 is 10.8 Å². The van der Waals surface area contributed by atoms with Crippen LogP contribution in [0.25, 0.3) is 0 Å². The van der Waals surface area contributed by atoms with Crippen molar-refractivity contribution < 1.29 is 31.4 Å². The minimum atomic E-state index is -4.98. The van der Waals surface area contributed by atoms with Crippen molar-refractivity contribution in [2.75, 3.05) is 0 Å². The molecule has 20 heavy (non-hydrogen) atoms. The minimum Gasteiger partial charge on any atom is -0.391 e. The molecule has 0 spiro atoms. The monoisotopic (exact) mass is 301 g/mol. The van der Waals surface area contributed by atoms with Crippen LogP contribution in [-0.2, 0) is 12.4 Å². The van der Waals surface area contributed by atoms with Gasteiger partial charge in [0, 0.05) is 0 Å². The van der Waals surface area contributed by atoms with Gasteiger partial charge in [0.2, 0.25) is 0 Å². The quantitative estimate of drug-likeness (QED) is 0.839. The van der Waals surface area contributed by atoms with Gasteiger partial charge in [0.05, 0.1) is 23.3 Å². The fourth-order valence-electron chi connectivity index (χ4n) is 1.73. The summed E-state index contributed by atoms with van der Waals surface area (Å²) in [6, 6.07) is -0.210. The lowest BCUT2D eigenvalue weighted by molar-refractivity contribution is -0.143. The number of benzene rings is 1. The van der Waals surface area contributed by atoms with E-state index in [0.717, 1.165) is 0 Å². The molecule has 0 unspecified atom stereocenters. The van der Waals surface area contributed by atoms with Gasteiger partial charge in [0.1, 0.15) is 0 Å². The molecule has 0 aliphatic heterocycles. The van der Waals surface area contributed by atoms with Crippen molar-refractivity contribution in [2.24, 2.45) is 5.73 Å². The summed E-state index contributed by atoms with van der Waals surface area (Å²) in [4.78, 5) is 0. The molecule has 0 aliphatic rings. The summed E-state index contributed by atoms with van der Waals surface area (Å²) in [5.74, 6) is 0. The molecule has 8 heteroatoms. The molecule has 0 aliphatic carbocycles. The van der Waals surface area contributed by atoms with Crippen LogP contribution in [0.5, 0.6) is 0 Å². The van der Waals surface area contributed by atoms with E-state index in [0.29, 0.717) is 12.1 Å². The molecule has 0 bridgehead atoms. The number of rotatable bonds is 3. The summed E-state index contributed by atoms with van der Waals surface area (Å²) >= 11 is 0. The first-order valence-corrected chi connectivity index (χ1v) is 5.70. The summed E-state index contributed by atoms with van der Waals surface area (Å²) in [7, 11) is 0. The lowest BCUT2D eigenvalue weighted by Crippen LogP contribution is -2.28. The maximum atomic E-state index is 12.8. The molecule has 1 aromatic rings. The van der Waals surface area contributed by atoms with Crippen LogP contribution in [0.3, 0.4) is 0 Å². The summed E-state index contributed by atoms with van der Waals surface area (Å²) in [5.41, 5.74) is 2.03. The zero-order valence-electron chi connectivity index (χ0n) is 10.4.